The Morgan fingerprint density at radius 3 is 2.63 bits per heavy atom. The van der Waals surface area contributed by atoms with Crippen molar-refractivity contribution < 1.29 is 56.5 Å². The smallest absolute Gasteiger partial charge is 0.376 e. The fourth-order valence-electron chi connectivity index (χ4n) is 2.21. The Morgan fingerprint density at radius 2 is 2.00 bits per heavy atom. The van der Waals surface area contributed by atoms with Crippen LogP contribution in [0.25, 0.3) is 0 Å². The number of halogens is 4. The molecule has 1 saturated heterocycles. The molecule has 0 aromatic heterocycles. The first-order valence-electron chi connectivity index (χ1n) is 8.15. The van der Waals surface area contributed by atoms with Crippen LogP contribution in [0.2, 0.25) is 0 Å². The second kappa shape index (κ2) is 9.95. The molecule has 0 N–H and O–H groups in total. The largest absolute Gasteiger partial charge is 0.534 e. The van der Waals surface area contributed by atoms with E-state index in [1.165, 1.54) is 24.3 Å². The van der Waals surface area contributed by atoms with Gasteiger partial charge in [0.1, 0.15) is 5.75 Å². The molecule has 1 heterocycles. The van der Waals surface area contributed by atoms with Crippen molar-refractivity contribution in [3.8, 4) is 15.6 Å². The topological polar surface area (TPSA) is 61.8 Å². The molecule has 0 saturated carbocycles. The molecule has 0 aliphatic carbocycles. The molecule has 10 heteroatoms. The monoisotopic (exact) mass is 519 g/mol. The maximum Gasteiger partial charge on any atom is 0.534 e. The van der Waals surface area contributed by atoms with Crippen LogP contribution in [-0.2, 0) is 19.6 Å². The van der Waals surface area contributed by atoms with E-state index in [1.54, 1.807) is 0 Å². The van der Waals surface area contributed by atoms with Crippen LogP contribution in [0.15, 0.2) is 24.3 Å². The summed E-state index contributed by atoms with van der Waals surface area (Å²) in [5.41, 5.74) is -5.45. The summed E-state index contributed by atoms with van der Waals surface area (Å²) in [7, 11) is -5.65. The molecule has 0 bridgehead atoms. The lowest BCUT2D eigenvalue weighted by atomic mass is 10.0. The highest BCUT2D eigenvalue weighted by atomic mass is 127. The molecule has 2 rings (SSSR count). The van der Waals surface area contributed by atoms with E-state index in [-0.39, 0.29) is 12.0 Å². The molecule has 0 unspecified atom stereocenters. The third kappa shape index (κ3) is 7.14. The second-order valence-corrected chi connectivity index (χ2v) is 9.64. The molecule has 0 radical (unpaired) electrons. The van der Waals surface area contributed by atoms with E-state index >= 15 is 0 Å². The van der Waals surface area contributed by atoms with Crippen LogP contribution >= 0.6 is 0 Å². The highest BCUT2D eigenvalue weighted by Crippen LogP contribution is 2.26. The summed E-state index contributed by atoms with van der Waals surface area (Å²) in [6, 6.07) is 5.39. The normalized spacial score (nSPS) is 20.6. The van der Waals surface area contributed by atoms with Gasteiger partial charge in [0.05, 0.1) is 6.61 Å². The van der Waals surface area contributed by atoms with Gasteiger partial charge in [-0.05, 0) is 43.0 Å². The van der Waals surface area contributed by atoms with Gasteiger partial charge < -0.3 is 13.7 Å². The number of ether oxygens (including phenoxy) is 2. The second-order valence-electron chi connectivity index (χ2n) is 5.78. The molecule has 1 aliphatic rings. The average molecular weight is 519 g/mol. The number of hydrogen-bond acceptors (Lipinski definition) is 5. The van der Waals surface area contributed by atoms with Crippen LogP contribution < -0.4 is 25.4 Å². The van der Waals surface area contributed by atoms with Crippen LogP contribution in [0.4, 0.5) is 13.2 Å². The lowest BCUT2D eigenvalue weighted by Crippen LogP contribution is -3.59. The third-order valence-corrected chi connectivity index (χ3v) is 6.56. The Hall–Kier alpha value is -1.03. The van der Waals surface area contributed by atoms with Crippen molar-refractivity contribution in [1.82, 2.24) is 0 Å². The number of alkyl halides is 3. The molecule has 5 nitrogen and oxygen atoms in total. The van der Waals surface area contributed by atoms with Gasteiger partial charge in [-0.2, -0.15) is 21.6 Å². The highest BCUT2D eigenvalue weighted by molar-refractivity contribution is 7.88. The van der Waals surface area contributed by atoms with Crippen molar-refractivity contribution in [3.05, 3.63) is 27.8 Å². The van der Waals surface area contributed by atoms with Crippen LogP contribution in [0.5, 0.6) is 5.75 Å². The third-order valence-electron chi connectivity index (χ3n) is 3.59. The molecular weight excluding hydrogens is 500 g/mol. The molecule has 2 atom stereocenters. The van der Waals surface area contributed by atoms with Crippen LogP contribution in [0.3, 0.4) is 0 Å². The van der Waals surface area contributed by atoms with Gasteiger partial charge in [-0.25, -0.2) is 0 Å². The number of rotatable bonds is 6. The first-order valence-corrected chi connectivity index (χ1v) is 11.7. The van der Waals surface area contributed by atoms with Gasteiger partial charge in [0.2, 0.25) is 3.57 Å². The Balaban J connectivity index is 1.75. The summed E-state index contributed by atoms with van der Waals surface area (Å²) in [4.78, 5) is 0. The fraction of sp³-hybridized carbons (Fsp3) is 0.529. The van der Waals surface area contributed by atoms with Gasteiger partial charge >= 0.3 is 36.8 Å². The quantitative estimate of drug-likeness (QED) is 0.178. The van der Waals surface area contributed by atoms with E-state index in [4.69, 9.17) is 9.47 Å². The van der Waals surface area contributed by atoms with Crippen molar-refractivity contribution in [2.45, 2.75) is 38.0 Å². The number of benzene rings is 1. The van der Waals surface area contributed by atoms with Gasteiger partial charge in [0.25, 0.3) is 0 Å². The maximum absolute atomic E-state index is 12.3. The molecule has 0 amide bonds. The highest BCUT2D eigenvalue weighted by Gasteiger charge is 2.48. The van der Waals surface area contributed by atoms with Crippen LogP contribution in [0.1, 0.15) is 26.2 Å². The zero-order valence-electron chi connectivity index (χ0n) is 14.5. The zero-order valence-corrected chi connectivity index (χ0v) is 17.4. The number of hydrogen-bond donors (Lipinski definition) is 0. The first-order chi connectivity index (χ1) is 12.7. The zero-order chi connectivity index (χ0) is 19.9. The van der Waals surface area contributed by atoms with Crippen LogP contribution in [-0.4, -0.2) is 33.4 Å². The standard InChI is InChI=1S/C17H19F3IO5S/c1-13-5-4-12-25-16(13)24-11-3-2-10-21-14-6-8-15(9-7-14)26-27(22,23)17(18,19)20/h6-9,13,16H,3-5,11-12H2,1H3/q+1/t13-,16+/m1/s1. The predicted molar refractivity (Wildman–Crippen MR) is 87.2 cm³/mol. The molecule has 1 fully saturated rings. The van der Waals surface area contributed by atoms with Crippen molar-refractivity contribution in [1.29, 1.82) is 0 Å². The summed E-state index contributed by atoms with van der Waals surface area (Å²) >= 11 is -0.661. The van der Waals surface area contributed by atoms with Gasteiger partial charge in [0.15, 0.2) is 10.2 Å². The van der Waals surface area contributed by atoms with Crippen molar-refractivity contribution in [2.24, 2.45) is 5.92 Å². The maximum atomic E-state index is 12.3. The van der Waals surface area contributed by atoms with Crippen LogP contribution in [0, 0.1) is 19.3 Å². The van der Waals surface area contributed by atoms with Gasteiger partial charge in [-0.15, -0.1) is 0 Å². The van der Waals surface area contributed by atoms with Crippen molar-refractivity contribution >= 4 is 10.1 Å². The fourth-order valence-corrected chi connectivity index (χ4v) is 4.16. The first kappa shape index (κ1) is 22.3. The molecule has 27 heavy (non-hydrogen) atoms. The van der Waals surface area contributed by atoms with Crippen molar-refractivity contribution in [3.63, 3.8) is 0 Å². The molecule has 1 aliphatic heterocycles. The Kier molecular flexibility index (Phi) is 8.20. The molecular formula is C17H19F3IO5S+. The van der Waals surface area contributed by atoms with E-state index < -0.39 is 36.8 Å². The Labute approximate surface area is 166 Å². The van der Waals surface area contributed by atoms with E-state index in [0.717, 1.165) is 23.0 Å². The van der Waals surface area contributed by atoms with E-state index in [0.29, 0.717) is 18.9 Å². The molecule has 1 aromatic rings. The SMILES string of the molecule is C[C@@H]1CCCO[C@@H]1OCCC#C[I+]c1ccc(OS(=O)(=O)C(F)(F)F)cc1. The molecule has 150 valence electrons. The minimum Gasteiger partial charge on any atom is -0.376 e. The van der Waals surface area contributed by atoms with E-state index in [2.05, 4.69) is 21.0 Å². The van der Waals surface area contributed by atoms with Gasteiger partial charge in [-0.1, -0.05) is 6.92 Å². The van der Waals surface area contributed by atoms with E-state index in [1.807, 2.05) is 0 Å². The lowest BCUT2D eigenvalue weighted by molar-refractivity contribution is -0.535. The Morgan fingerprint density at radius 1 is 1.30 bits per heavy atom. The van der Waals surface area contributed by atoms with Gasteiger partial charge in [-0.3, -0.25) is 0 Å². The minimum absolute atomic E-state index is 0.171. The van der Waals surface area contributed by atoms with Gasteiger partial charge in [0, 0.05) is 18.9 Å². The summed E-state index contributed by atoms with van der Waals surface area (Å²) in [5.74, 6) is 2.99. The molecule has 1 aromatic carbocycles. The minimum atomic E-state index is -5.65. The lowest BCUT2D eigenvalue weighted by Gasteiger charge is -2.28. The van der Waals surface area contributed by atoms with Crippen molar-refractivity contribution in [2.75, 3.05) is 13.2 Å². The summed E-state index contributed by atoms with van der Waals surface area (Å²) in [5, 5.41) is 0. The van der Waals surface area contributed by atoms with E-state index in [9.17, 15) is 21.6 Å². The summed E-state index contributed by atoms with van der Waals surface area (Å²) in [6.07, 6.45) is 2.54. The predicted octanol–water partition coefficient (Wildman–Crippen LogP) is 0.314. The summed E-state index contributed by atoms with van der Waals surface area (Å²) in [6.45, 7) is 3.29. The Bertz CT molecular complexity index is 768. The average Bonchev–Trinajstić information content (AvgIpc) is 2.59. The molecule has 0 spiro atoms. The summed E-state index contributed by atoms with van der Waals surface area (Å²) < 4.78 is 77.8.